The van der Waals surface area contributed by atoms with Gasteiger partial charge in [-0.2, -0.15) is 0 Å². The van der Waals surface area contributed by atoms with Crippen LogP contribution in [0.3, 0.4) is 0 Å². The van der Waals surface area contributed by atoms with Crippen LogP contribution in [-0.4, -0.2) is 19.9 Å². The zero-order chi connectivity index (χ0) is 19.2. The molecule has 6 nitrogen and oxygen atoms in total. The Labute approximate surface area is 163 Å². The highest BCUT2D eigenvalue weighted by Gasteiger charge is 2.18. The fourth-order valence-corrected chi connectivity index (χ4v) is 3.13. The van der Waals surface area contributed by atoms with Crippen molar-refractivity contribution >= 4 is 17.3 Å². The van der Waals surface area contributed by atoms with Gasteiger partial charge in [0.2, 0.25) is 0 Å². The highest BCUT2D eigenvalue weighted by atomic mass is 15.1. The van der Waals surface area contributed by atoms with E-state index in [9.17, 15) is 0 Å². The van der Waals surface area contributed by atoms with E-state index in [4.69, 9.17) is 5.73 Å². The molecule has 0 saturated heterocycles. The molecule has 3 N–H and O–H groups in total. The monoisotopic (exact) mass is 368 g/mol. The maximum absolute atomic E-state index is 5.73. The van der Waals surface area contributed by atoms with E-state index in [-0.39, 0.29) is 5.92 Å². The van der Waals surface area contributed by atoms with Gasteiger partial charge in [0.25, 0.3) is 0 Å². The van der Waals surface area contributed by atoms with Crippen LogP contribution in [0.25, 0.3) is 0 Å². The van der Waals surface area contributed by atoms with Crippen molar-refractivity contribution in [3.8, 4) is 0 Å². The number of nitrogens with zero attached hydrogens (tertiary/aromatic N) is 4. The average molecular weight is 368 g/mol. The molecule has 0 aromatic carbocycles. The van der Waals surface area contributed by atoms with Gasteiger partial charge in [-0.1, -0.05) is 18.2 Å². The molecule has 28 heavy (non-hydrogen) atoms. The maximum Gasteiger partial charge on any atom is 0.134 e. The zero-order valence-corrected chi connectivity index (χ0v) is 15.2. The van der Waals surface area contributed by atoms with Gasteiger partial charge in [0.1, 0.15) is 11.6 Å². The van der Waals surface area contributed by atoms with Crippen LogP contribution < -0.4 is 11.1 Å². The van der Waals surface area contributed by atoms with E-state index in [1.54, 1.807) is 24.8 Å². The van der Waals surface area contributed by atoms with Gasteiger partial charge in [-0.3, -0.25) is 9.97 Å². The Balaban J connectivity index is 1.67. The van der Waals surface area contributed by atoms with Crippen molar-refractivity contribution in [2.24, 2.45) is 0 Å². The van der Waals surface area contributed by atoms with Crippen molar-refractivity contribution in [2.75, 3.05) is 11.1 Å². The predicted octanol–water partition coefficient (Wildman–Crippen LogP) is 3.97. The van der Waals surface area contributed by atoms with Gasteiger partial charge in [-0.25, -0.2) is 9.97 Å². The molecule has 0 bridgehead atoms. The summed E-state index contributed by atoms with van der Waals surface area (Å²) in [5.41, 5.74) is 9.70. The highest BCUT2D eigenvalue weighted by Crippen LogP contribution is 2.30. The SMILES string of the molecule is Nc1ccc(Nc2ncccc2CC(c2cccnc2)c2cccnc2)nc1. The van der Waals surface area contributed by atoms with E-state index < -0.39 is 0 Å². The number of rotatable bonds is 6. The van der Waals surface area contributed by atoms with Gasteiger partial charge in [-0.05, 0) is 53.4 Å². The smallest absolute Gasteiger partial charge is 0.134 e. The zero-order valence-electron chi connectivity index (χ0n) is 15.2. The number of nitrogens with one attached hydrogen (secondary N) is 1. The molecule has 0 aliphatic rings. The minimum atomic E-state index is 0.117. The molecule has 0 spiro atoms. The Bertz CT molecular complexity index is 980. The van der Waals surface area contributed by atoms with E-state index in [0.717, 1.165) is 28.9 Å². The van der Waals surface area contributed by atoms with Crippen molar-refractivity contribution in [3.63, 3.8) is 0 Å². The molecule has 0 fully saturated rings. The number of aromatic nitrogens is 4. The first-order chi connectivity index (χ1) is 13.8. The fourth-order valence-electron chi connectivity index (χ4n) is 3.13. The molecule has 4 heterocycles. The summed E-state index contributed by atoms with van der Waals surface area (Å²) in [6.45, 7) is 0. The van der Waals surface area contributed by atoms with Gasteiger partial charge in [0.05, 0.1) is 11.9 Å². The van der Waals surface area contributed by atoms with Gasteiger partial charge in [-0.15, -0.1) is 0 Å². The van der Waals surface area contributed by atoms with Crippen molar-refractivity contribution in [2.45, 2.75) is 12.3 Å². The van der Waals surface area contributed by atoms with Gasteiger partial charge < -0.3 is 11.1 Å². The molecule has 138 valence electrons. The molecule has 0 amide bonds. The maximum atomic E-state index is 5.73. The van der Waals surface area contributed by atoms with Crippen molar-refractivity contribution in [1.29, 1.82) is 0 Å². The topological polar surface area (TPSA) is 89.6 Å². The third-order valence-electron chi connectivity index (χ3n) is 4.52. The summed E-state index contributed by atoms with van der Waals surface area (Å²) >= 11 is 0. The fraction of sp³-hybridized carbons (Fsp3) is 0.0909. The number of nitrogen functional groups attached to an aromatic ring is 1. The quantitative estimate of drug-likeness (QED) is 0.535. The molecule has 0 unspecified atom stereocenters. The van der Waals surface area contributed by atoms with Crippen molar-refractivity contribution in [1.82, 2.24) is 19.9 Å². The predicted molar refractivity (Wildman–Crippen MR) is 110 cm³/mol. The second kappa shape index (κ2) is 8.26. The molecule has 0 atom stereocenters. The molecule has 0 radical (unpaired) electrons. The summed E-state index contributed by atoms with van der Waals surface area (Å²) in [7, 11) is 0. The van der Waals surface area contributed by atoms with Crippen LogP contribution in [-0.2, 0) is 6.42 Å². The average Bonchev–Trinajstić information content (AvgIpc) is 2.76. The van der Waals surface area contributed by atoms with E-state index in [1.807, 2.05) is 42.7 Å². The lowest BCUT2D eigenvalue weighted by Gasteiger charge is -2.19. The first-order valence-corrected chi connectivity index (χ1v) is 9.02. The summed E-state index contributed by atoms with van der Waals surface area (Å²) < 4.78 is 0. The van der Waals surface area contributed by atoms with Crippen LogP contribution in [0.15, 0.2) is 85.7 Å². The van der Waals surface area contributed by atoms with E-state index in [1.165, 1.54) is 0 Å². The minimum Gasteiger partial charge on any atom is -0.397 e. The molecule has 6 heteroatoms. The molecule has 0 saturated carbocycles. The van der Waals surface area contributed by atoms with Crippen molar-refractivity contribution < 1.29 is 0 Å². The summed E-state index contributed by atoms with van der Waals surface area (Å²) in [6, 6.07) is 15.8. The first kappa shape index (κ1) is 17.6. The van der Waals surface area contributed by atoms with Gasteiger partial charge in [0, 0.05) is 36.9 Å². The summed E-state index contributed by atoms with van der Waals surface area (Å²) in [4.78, 5) is 17.4. The minimum absolute atomic E-state index is 0.117. The number of hydrogen-bond donors (Lipinski definition) is 2. The summed E-state index contributed by atoms with van der Waals surface area (Å²) in [6.07, 6.45) is 11.5. The Morgan fingerprint density at radius 2 is 1.50 bits per heavy atom. The Morgan fingerprint density at radius 1 is 0.786 bits per heavy atom. The van der Waals surface area contributed by atoms with Crippen LogP contribution in [0.2, 0.25) is 0 Å². The largest absolute Gasteiger partial charge is 0.397 e. The van der Waals surface area contributed by atoms with Crippen LogP contribution in [0.5, 0.6) is 0 Å². The lowest BCUT2D eigenvalue weighted by atomic mass is 9.88. The first-order valence-electron chi connectivity index (χ1n) is 9.02. The molecule has 4 aromatic rings. The lowest BCUT2D eigenvalue weighted by molar-refractivity contribution is 0.792. The number of hydrogen-bond acceptors (Lipinski definition) is 6. The standard InChI is InChI=1S/C22H20N6/c23-19-7-8-21(27-15-19)28-22-16(4-3-11-26-22)12-20(17-5-1-9-24-13-17)18-6-2-10-25-14-18/h1-11,13-15,20H,12,23H2,(H,26,27,28). The molecule has 0 aliphatic carbocycles. The molecule has 4 rings (SSSR count). The van der Waals surface area contributed by atoms with Crippen LogP contribution in [0.4, 0.5) is 17.3 Å². The second-order valence-corrected chi connectivity index (χ2v) is 6.44. The molecule has 4 aromatic heterocycles. The Morgan fingerprint density at radius 3 is 2.11 bits per heavy atom. The number of pyridine rings is 4. The van der Waals surface area contributed by atoms with Gasteiger partial charge >= 0.3 is 0 Å². The van der Waals surface area contributed by atoms with Crippen molar-refractivity contribution in [3.05, 3.63) is 102 Å². The molecule has 0 aliphatic heterocycles. The van der Waals surface area contributed by atoms with E-state index >= 15 is 0 Å². The second-order valence-electron chi connectivity index (χ2n) is 6.44. The van der Waals surface area contributed by atoms with Crippen LogP contribution in [0.1, 0.15) is 22.6 Å². The lowest BCUT2D eigenvalue weighted by Crippen LogP contribution is -2.09. The summed E-state index contributed by atoms with van der Waals surface area (Å²) in [5, 5.41) is 3.30. The van der Waals surface area contributed by atoms with E-state index in [0.29, 0.717) is 11.5 Å². The Kier molecular flexibility index (Phi) is 5.20. The summed E-state index contributed by atoms with van der Waals surface area (Å²) in [5.74, 6) is 1.59. The van der Waals surface area contributed by atoms with Gasteiger partial charge in [0.15, 0.2) is 0 Å². The highest BCUT2D eigenvalue weighted by molar-refractivity contribution is 5.57. The Hall–Kier alpha value is -3.80. The third kappa shape index (κ3) is 4.12. The third-order valence-corrected chi connectivity index (χ3v) is 4.52. The molecular weight excluding hydrogens is 348 g/mol. The number of anilines is 3. The van der Waals surface area contributed by atoms with E-state index in [2.05, 4.69) is 43.5 Å². The van der Waals surface area contributed by atoms with Crippen LogP contribution in [0, 0.1) is 0 Å². The number of nitrogens with two attached hydrogens (primary N) is 1. The molecular formula is C22H20N6. The normalized spacial score (nSPS) is 10.8. The van der Waals surface area contributed by atoms with Crippen LogP contribution >= 0.6 is 0 Å².